The lowest BCUT2D eigenvalue weighted by Crippen LogP contribution is -2.32. The average Bonchev–Trinajstić information content (AvgIpc) is 3.61. The van der Waals surface area contributed by atoms with E-state index in [4.69, 9.17) is 15.0 Å². The normalized spacial score (nSPS) is 13.1. The van der Waals surface area contributed by atoms with Crippen LogP contribution in [0.3, 0.4) is 0 Å². The summed E-state index contributed by atoms with van der Waals surface area (Å²) in [5.41, 5.74) is 17.5. The molecule has 10 aromatic rings. The zero-order valence-electron chi connectivity index (χ0n) is 32.5. The summed E-state index contributed by atoms with van der Waals surface area (Å²) in [6, 6.07) is 74.3. The fourth-order valence-electron chi connectivity index (χ4n) is 9.51. The zero-order chi connectivity index (χ0) is 39.6. The van der Waals surface area contributed by atoms with Crippen molar-refractivity contribution in [2.45, 2.75) is 15.2 Å². The summed E-state index contributed by atoms with van der Waals surface area (Å²) < 4.78 is 0. The number of hydrogen-bond donors (Lipinski definition) is 0. The van der Waals surface area contributed by atoms with E-state index < -0.39 is 5.41 Å². The van der Waals surface area contributed by atoms with E-state index in [0.29, 0.717) is 5.82 Å². The minimum Gasteiger partial charge on any atom is -0.256 e. The Morgan fingerprint density at radius 1 is 0.350 bits per heavy atom. The number of benzene rings is 8. The Morgan fingerprint density at radius 3 is 1.62 bits per heavy atom. The fourth-order valence-corrected chi connectivity index (χ4v) is 10.7. The van der Waals surface area contributed by atoms with Gasteiger partial charge in [0.1, 0.15) is 0 Å². The van der Waals surface area contributed by atoms with Gasteiger partial charge in [-0.2, -0.15) is 0 Å². The summed E-state index contributed by atoms with van der Waals surface area (Å²) in [7, 11) is 0. The van der Waals surface area contributed by atoms with Crippen molar-refractivity contribution in [3.8, 4) is 67.3 Å². The first-order valence-corrected chi connectivity index (χ1v) is 21.2. The number of rotatable bonds is 5. The molecule has 1 aliphatic heterocycles. The second kappa shape index (κ2) is 13.9. The first-order chi connectivity index (χ1) is 29.7. The fraction of sp³-hybridized carbons (Fsp3) is 0.0179. The predicted molar refractivity (Wildman–Crippen MR) is 246 cm³/mol. The van der Waals surface area contributed by atoms with Crippen molar-refractivity contribution in [3.63, 3.8) is 0 Å². The van der Waals surface area contributed by atoms with Crippen LogP contribution in [0.1, 0.15) is 22.3 Å². The SMILES string of the molecule is c1ccc(-c2cccc(-c3cc(-c4ccc5c(c4)C4(c6ccccc6Sc6ccccc64)c4cc(-c6cccc7cccnc67)ccc4-5)nc(-c4ccccc4)n3)c2)cc1. The molecule has 0 saturated heterocycles. The smallest absolute Gasteiger partial charge is 0.160 e. The van der Waals surface area contributed by atoms with E-state index in [-0.39, 0.29) is 0 Å². The van der Waals surface area contributed by atoms with Gasteiger partial charge in [-0.05, 0) is 92.5 Å². The Morgan fingerprint density at radius 2 is 0.900 bits per heavy atom. The van der Waals surface area contributed by atoms with Crippen molar-refractivity contribution < 1.29 is 0 Å². The van der Waals surface area contributed by atoms with E-state index in [1.807, 2.05) is 30.1 Å². The van der Waals surface area contributed by atoms with Gasteiger partial charge >= 0.3 is 0 Å². The number of pyridine rings is 1. The van der Waals surface area contributed by atoms with Gasteiger partial charge in [-0.1, -0.05) is 176 Å². The van der Waals surface area contributed by atoms with Crippen LogP contribution in [-0.4, -0.2) is 15.0 Å². The van der Waals surface area contributed by atoms with Gasteiger partial charge in [0.25, 0.3) is 0 Å². The van der Waals surface area contributed by atoms with Crippen LogP contribution in [0, 0.1) is 0 Å². The molecule has 0 unspecified atom stereocenters. The predicted octanol–water partition coefficient (Wildman–Crippen LogP) is 14.2. The summed E-state index contributed by atoms with van der Waals surface area (Å²) in [5.74, 6) is 0.699. The molecule has 2 aromatic heterocycles. The van der Waals surface area contributed by atoms with E-state index in [9.17, 15) is 0 Å². The van der Waals surface area contributed by atoms with Crippen LogP contribution >= 0.6 is 11.8 Å². The maximum absolute atomic E-state index is 5.34. The molecule has 3 nitrogen and oxygen atoms in total. The summed E-state index contributed by atoms with van der Waals surface area (Å²) >= 11 is 1.86. The summed E-state index contributed by atoms with van der Waals surface area (Å²) in [6.45, 7) is 0. The molecule has 3 heterocycles. The molecular formula is C56H35N3S. The van der Waals surface area contributed by atoms with Crippen molar-refractivity contribution in [2.24, 2.45) is 0 Å². The van der Waals surface area contributed by atoms with Crippen LogP contribution < -0.4 is 0 Å². The van der Waals surface area contributed by atoms with Gasteiger partial charge in [-0.15, -0.1) is 0 Å². The third-order valence-corrected chi connectivity index (χ3v) is 13.4. The second-order valence-corrected chi connectivity index (χ2v) is 16.6. The summed E-state index contributed by atoms with van der Waals surface area (Å²) in [6.07, 6.45) is 1.89. The molecule has 1 spiro atoms. The lowest BCUT2D eigenvalue weighted by molar-refractivity contribution is 0.723. The Labute approximate surface area is 353 Å². The molecule has 8 aromatic carbocycles. The maximum Gasteiger partial charge on any atom is 0.160 e. The van der Waals surface area contributed by atoms with Crippen LogP contribution in [0.2, 0.25) is 0 Å². The Kier molecular flexibility index (Phi) is 8.00. The summed E-state index contributed by atoms with van der Waals surface area (Å²) in [4.78, 5) is 18.0. The van der Waals surface area contributed by atoms with E-state index in [2.05, 4.69) is 194 Å². The van der Waals surface area contributed by atoms with Crippen molar-refractivity contribution in [2.75, 3.05) is 0 Å². The first kappa shape index (κ1) is 34.6. The van der Waals surface area contributed by atoms with Gasteiger partial charge in [0.05, 0.1) is 22.3 Å². The van der Waals surface area contributed by atoms with Crippen molar-refractivity contribution in [1.82, 2.24) is 15.0 Å². The number of nitrogens with zero attached hydrogens (tertiary/aromatic N) is 3. The van der Waals surface area contributed by atoms with Crippen LogP contribution in [0.15, 0.2) is 222 Å². The van der Waals surface area contributed by atoms with Crippen molar-refractivity contribution in [1.29, 1.82) is 0 Å². The molecule has 0 atom stereocenters. The minimum atomic E-state index is -0.574. The summed E-state index contributed by atoms with van der Waals surface area (Å²) in [5, 5.41) is 1.13. The molecule has 1 aliphatic carbocycles. The highest BCUT2D eigenvalue weighted by atomic mass is 32.2. The van der Waals surface area contributed by atoms with Gasteiger partial charge in [0.2, 0.25) is 0 Å². The van der Waals surface area contributed by atoms with Gasteiger partial charge in [0, 0.05) is 43.6 Å². The highest BCUT2D eigenvalue weighted by Crippen LogP contribution is 2.63. The Bertz CT molecular complexity index is 3250. The highest BCUT2D eigenvalue weighted by Gasteiger charge is 2.50. The van der Waals surface area contributed by atoms with Crippen LogP contribution in [0.25, 0.3) is 78.2 Å². The molecular weight excluding hydrogens is 747 g/mol. The number of hydrogen-bond acceptors (Lipinski definition) is 4. The molecule has 0 amide bonds. The van der Waals surface area contributed by atoms with Crippen molar-refractivity contribution in [3.05, 3.63) is 235 Å². The lowest BCUT2D eigenvalue weighted by atomic mass is 9.67. The molecule has 0 N–H and O–H groups in total. The van der Waals surface area contributed by atoms with E-state index >= 15 is 0 Å². The number of aromatic nitrogens is 3. The zero-order valence-corrected chi connectivity index (χ0v) is 33.3. The Balaban J connectivity index is 1.10. The van der Waals surface area contributed by atoms with Crippen LogP contribution in [0.4, 0.5) is 0 Å². The molecule has 4 heteroatoms. The van der Waals surface area contributed by atoms with E-state index in [0.717, 1.165) is 55.7 Å². The lowest BCUT2D eigenvalue weighted by Gasteiger charge is -2.40. The molecule has 2 aliphatic rings. The molecule has 60 heavy (non-hydrogen) atoms. The van der Waals surface area contributed by atoms with Crippen LogP contribution in [-0.2, 0) is 5.41 Å². The largest absolute Gasteiger partial charge is 0.256 e. The van der Waals surface area contributed by atoms with Gasteiger partial charge in [-0.25, -0.2) is 9.97 Å². The molecule has 0 bridgehead atoms. The maximum atomic E-state index is 5.34. The Hall–Kier alpha value is -7.40. The minimum absolute atomic E-state index is 0.574. The van der Waals surface area contributed by atoms with Gasteiger partial charge < -0.3 is 0 Å². The molecule has 280 valence electrons. The number of fused-ring (bicyclic) bond motifs is 10. The quantitative estimate of drug-likeness (QED) is 0.174. The topological polar surface area (TPSA) is 38.7 Å². The first-order valence-electron chi connectivity index (χ1n) is 20.3. The molecule has 0 radical (unpaired) electrons. The van der Waals surface area contributed by atoms with Gasteiger partial charge in [0.15, 0.2) is 5.82 Å². The molecule has 12 rings (SSSR count). The number of para-hydroxylation sites is 1. The highest BCUT2D eigenvalue weighted by molar-refractivity contribution is 7.99. The molecule has 0 fully saturated rings. The molecule has 0 saturated carbocycles. The standard InChI is InChI=1S/C56H35N3S/c1-3-14-36(15-4-1)39-19-11-20-41(32-39)50-35-51(59-55(58-50)38-16-5-2-6-17-38)42-28-30-45-44-29-27-40(43-22-12-18-37-21-13-31-57-54(37)43)33-48(44)56(49(45)34-42)46-23-7-9-25-52(46)60-53-26-10-8-24-47(53)56/h1-35H. The second-order valence-electron chi connectivity index (χ2n) is 15.5. The average molecular weight is 782 g/mol. The third kappa shape index (κ3) is 5.42. The van der Waals surface area contributed by atoms with E-state index in [1.165, 1.54) is 48.7 Å². The monoisotopic (exact) mass is 781 g/mol. The van der Waals surface area contributed by atoms with Crippen LogP contribution in [0.5, 0.6) is 0 Å². The van der Waals surface area contributed by atoms with Crippen molar-refractivity contribution >= 4 is 22.7 Å². The van der Waals surface area contributed by atoms with Gasteiger partial charge in [-0.3, -0.25) is 4.98 Å². The third-order valence-electron chi connectivity index (χ3n) is 12.2. The van der Waals surface area contributed by atoms with E-state index in [1.54, 1.807) is 0 Å².